The van der Waals surface area contributed by atoms with Gasteiger partial charge in [0, 0.05) is 12.2 Å². The molecule has 94 valence electrons. The summed E-state index contributed by atoms with van der Waals surface area (Å²) in [5.41, 5.74) is 4.56. The highest BCUT2D eigenvalue weighted by Crippen LogP contribution is 2.16. The van der Waals surface area contributed by atoms with Crippen molar-refractivity contribution < 1.29 is 5.11 Å². The Morgan fingerprint density at radius 1 is 1.11 bits per heavy atom. The zero-order chi connectivity index (χ0) is 13.0. The number of anilines is 1. The standard InChI is InChI=1S/C16H19NO/c1-12-4-3-5-14(10-12)11-17-16-8-6-15(7-9-16)13(2)18/h3-10,13,17-18H,11H2,1-2H3. The molecule has 18 heavy (non-hydrogen) atoms. The molecule has 2 heteroatoms. The summed E-state index contributed by atoms with van der Waals surface area (Å²) in [4.78, 5) is 0. The first-order valence-corrected chi connectivity index (χ1v) is 6.22. The van der Waals surface area contributed by atoms with Crippen LogP contribution in [0.25, 0.3) is 0 Å². The van der Waals surface area contributed by atoms with Crippen molar-refractivity contribution in [3.63, 3.8) is 0 Å². The van der Waals surface area contributed by atoms with Crippen LogP contribution in [0.1, 0.15) is 29.7 Å². The Bertz CT molecular complexity index is 503. The molecule has 2 aromatic rings. The predicted molar refractivity (Wildman–Crippen MR) is 75.6 cm³/mol. The Kier molecular flexibility index (Phi) is 4.00. The van der Waals surface area contributed by atoms with Crippen molar-refractivity contribution in [2.24, 2.45) is 0 Å². The van der Waals surface area contributed by atoms with E-state index in [1.807, 2.05) is 24.3 Å². The molecule has 2 nitrogen and oxygen atoms in total. The molecule has 0 aromatic heterocycles. The molecule has 0 aliphatic heterocycles. The van der Waals surface area contributed by atoms with Gasteiger partial charge in [-0.3, -0.25) is 0 Å². The van der Waals surface area contributed by atoms with Gasteiger partial charge in [0.2, 0.25) is 0 Å². The van der Waals surface area contributed by atoms with Gasteiger partial charge >= 0.3 is 0 Å². The van der Waals surface area contributed by atoms with Crippen LogP contribution in [-0.2, 0) is 6.54 Å². The first kappa shape index (κ1) is 12.7. The van der Waals surface area contributed by atoms with Gasteiger partial charge < -0.3 is 10.4 Å². The third-order valence-corrected chi connectivity index (χ3v) is 2.97. The highest BCUT2D eigenvalue weighted by Gasteiger charge is 2.00. The third-order valence-electron chi connectivity index (χ3n) is 2.97. The van der Waals surface area contributed by atoms with E-state index >= 15 is 0 Å². The molecule has 0 amide bonds. The fraction of sp³-hybridized carbons (Fsp3) is 0.250. The van der Waals surface area contributed by atoms with Gasteiger partial charge in [-0.05, 0) is 37.1 Å². The average molecular weight is 241 g/mol. The van der Waals surface area contributed by atoms with Crippen LogP contribution < -0.4 is 5.32 Å². The lowest BCUT2D eigenvalue weighted by molar-refractivity contribution is 0.199. The second kappa shape index (κ2) is 5.69. The van der Waals surface area contributed by atoms with Crippen molar-refractivity contribution in [1.29, 1.82) is 0 Å². The molecule has 2 N–H and O–H groups in total. The van der Waals surface area contributed by atoms with Crippen LogP contribution in [0.5, 0.6) is 0 Å². The monoisotopic (exact) mass is 241 g/mol. The van der Waals surface area contributed by atoms with Gasteiger partial charge in [-0.1, -0.05) is 42.0 Å². The van der Waals surface area contributed by atoms with Crippen molar-refractivity contribution in [3.05, 3.63) is 65.2 Å². The molecule has 0 radical (unpaired) electrons. The minimum Gasteiger partial charge on any atom is -0.389 e. The van der Waals surface area contributed by atoms with Crippen LogP contribution >= 0.6 is 0 Å². The van der Waals surface area contributed by atoms with E-state index in [9.17, 15) is 5.11 Å². The van der Waals surface area contributed by atoms with Crippen LogP contribution in [-0.4, -0.2) is 5.11 Å². The lowest BCUT2D eigenvalue weighted by atomic mass is 10.1. The lowest BCUT2D eigenvalue weighted by Crippen LogP contribution is -2.00. The number of hydrogen-bond acceptors (Lipinski definition) is 2. The first-order chi connectivity index (χ1) is 8.65. The van der Waals surface area contributed by atoms with Crippen molar-refractivity contribution >= 4 is 5.69 Å². The first-order valence-electron chi connectivity index (χ1n) is 6.22. The highest BCUT2D eigenvalue weighted by atomic mass is 16.3. The van der Waals surface area contributed by atoms with E-state index < -0.39 is 6.10 Å². The Morgan fingerprint density at radius 2 is 1.83 bits per heavy atom. The second-order valence-corrected chi connectivity index (χ2v) is 4.64. The smallest absolute Gasteiger partial charge is 0.0761 e. The molecule has 1 unspecified atom stereocenters. The van der Waals surface area contributed by atoms with Gasteiger partial charge in [0.25, 0.3) is 0 Å². The maximum absolute atomic E-state index is 9.43. The number of aliphatic hydroxyl groups is 1. The van der Waals surface area contributed by atoms with Crippen LogP contribution in [0.4, 0.5) is 5.69 Å². The summed E-state index contributed by atoms with van der Waals surface area (Å²) < 4.78 is 0. The zero-order valence-corrected chi connectivity index (χ0v) is 10.9. The zero-order valence-electron chi connectivity index (χ0n) is 10.9. The molecule has 0 heterocycles. The molecule has 0 saturated carbocycles. The topological polar surface area (TPSA) is 32.3 Å². The summed E-state index contributed by atoms with van der Waals surface area (Å²) >= 11 is 0. The van der Waals surface area contributed by atoms with Gasteiger partial charge in [0.1, 0.15) is 0 Å². The SMILES string of the molecule is Cc1cccc(CNc2ccc(C(C)O)cc2)c1. The Labute approximate surface area is 108 Å². The molecule has 0 spiro atoms. The summed E-state index contributed by atoms with van der Waals surface area (Å²) in [6.45, 7) is 4.69. The second-order valence-electron chi connectivity index (χ2n) is 4.64. The van der Waals surface area contributed by atoms with Gasteiger partial charge in [-0.25, -0.2) is 0 Å². The van der Waals surface area contributed by atoms with E-state index in [1.165, 1.54) is 11.1 Å². The number of aliphatic hydroxyl groups excluding tert-OH is 1. The lowest BCUT2D eigenvalue weighted by Gasteiger charge is -2.09. The molecule has 0 bridgehead atoms. The van der Waals surface area contributed by atoms with E-state index in [1.54, 1.807) is 6.92 Å². The van der Waals surface area contributed by atoms with Crippen LogP contribution in [0, 0.1) is 6.92 Å². The molecular formula is C16H19NO. The van der Waals surface area contributed by atoms with E-state index in [2.05, 4.69) is 36.5 Å². The van der Waals surface area contributed by atoms with Gasteiger partial charge in [0.05, 0.1) is 6.10 Å². The Balaban J connectivity index is 1.98. The number of rotatable bonds is 4. The Hall–Kier alpha value is -1.80. The Morgan fingerprint density at radius 3 is 2.44 bits per heavy atom. The number of hydrogen-bond donors (Lipinski definition) is 2. The summed E-state index contributed by atoms with van der Waals surface area (Å²) in [7, 11) is 0. The van der Waals surface area contributed by atoms with Gasteiger partial charge in [0.15, 0.2) is 0 Å². The molecule has 0 fully saturated rings. The molecule has 2 rings (SSSR count). The van der Waals surface area contributed by atoms with Crippen molar-refractivity contribution in [2.45, 2.75) is 26.5 Å². The quantitative estimate of drug-likeness (QED) is 0.856. The molecular weight excluding hydrogens is 222 g/mol. The number of benzene rings is 2. The van der Waals surface area contributed by atoms with Crippen LogP contribution in [0.15, 0.2) is 48.5 Å². The summed E-state index contributed by atoms with van der Waals surface area (Å²) in [6.07, 6.45) is -0.407. The maximum atomic E-state index is 9.43. The van der Waals surface area contributed by atoms with E-state index in [4.69, 9.17) is 0 Å². The third kappa shape index (κ3) is 3.34. The normalized spacial score (nSPS) is 12.2. The van der Waals surface area contributed by atoms with Crippen LogP contribution in [0.3, 0.4) is 0 Å². The fourth-order valence-corrected chi connectivity index (χ4v) is 1.91. The van der Waals surface area contributed by atoms with Crippen molar-refractivity contribution in [1.82, 2.24) is 0 Å². The van der Waals surface area contributed by atoms with Crippen LogP contribution in [0.2, 0.25) is 0 Å². The summed E-state index contributed by atoms with van der Waals surface area (Å²) in [5.74, 6) is 0. The average Bonchev–Trinajstić information content (AvgIpc) is 2.37. The minimum absolute atomic E-state index is 0.407. The fourth-order valence-electron chi connectivity index (χ4n) is 1.91. The van der Waals surface area contributed by atoms with E-state index in [0.717, 1.165) is 17.8 Å². The number of nitrogens with one attached hydrogen (secondary N) is 1. The van der Waals surface area contributed by atoms with Crippen molar-refractivity contribution in [3.8, 4) is 0 Å². The highest BCUT2D eigenvalue weighted by molar-refractivity contribution is 5.45. The van der Waals surface area contributed by atoms with E-state index in [0.29, 0.717) is 0 Å². The van der Waals surface area contributed by atoms with Gasteiger partial charge in [-0.2, -0.15) is 0 Å². The summed E-state index contributed by atoms with van der Waals surface area (Å²) in [5, 5.41) is 12.8. The largest absolute Gasteiger partial charge is 0.389 e. The van der Waals surface area contributed by atoms with Gasteiger partial charge in [-0.15, -0.1) is 0 Å². The molecule has 0 saturated heterocycles. The number of aryl methyl sites for hydroxylation is 1. The van der Waals surface area contributed by atoms with E-state index in [-0.39, 0.29) is 0 Å². The van der Waals surface area contributed by atoms with Crippen molar-refractivity contribution in [2.75, 3.05) is 5.32 Å². The molecule has 1 atom stereocenters. The summed E-state index contributed by atoms with van der Waals surface area (Å²) in [6, 6.07) is 16.4. The molecule has 0 aliphatic rings. The predicted octanol–water partition coefficient (Wildman–Crippen LogP) is 3.66. The minimum atomic E-state index is -0.407. The molecule has 2 aromatic carbocycles. The molecule has 0 aliphatic carbocycles. The maximum Gasteiger partial charge on any atom is 0.0761 e.